The summed E-state index contributed by atoms with van der Waals surface area (Å²) >= 11 is 0. The average molecular weight is 285 g/mol. The molecule has 0 fully saturated rings. The van der Waals surface area contributed by atoms with Gasteiger partial charge in [-0.05, 0) is 0 Å². The molecule has 33 valence electrons. The zero-order valence-corrected chi connectivity index (χ0v) is 9.18. The Kier molecular flexibility index (Phi) is 8.42. The number of carboxylic acids is 1. The summed E-state index contributed by atoms with van der Waals surface area (Å²) in [6, 6.07) is 1.41. The number of nitrogens with zero attached hydrogens (tertiary/aromatic N) is 1. The number of aliphatic carboxylic acids is 1. The second-order valence-corrected chi connectivity index (χ2v) is 0.707. The topological polar surface area (TPSA) is 63.9 Å². The van der Waals surface area contributed by atoms with Crippen molar-refractivity contribution in [3.05, 3.63) is 0 Å². The third kappa shape index (κ3) is 10.7. The van der Waals surface area contributed by atoms with Crippen molar-refractivity contribution in [3.63, 3.8) is 0 Å². The van der Waals surface area contributed by atoms with Crippen LogP contribution in [0.2, 0.25) is 0 Å². The van der Waals surface area contributed by atoms with Gasteiger partial charge in [0, 0.05) is 0 Å². The van der Waals surface area contributed by atoms with Gasteiger partial charge in [-0.25, -0.2) is 0 Å². The molecule has 0 aromatic heterocycles. The Morgan fingerprint density at radius 2 is 2.29 bits per heavy atom. The van der Waals surface area contributed by atoms with Crippen molar-refractivity contribution < 1.29 is 37.6 Å². The van der Waals surface area contributed by atoms with Crippen molar-refractivity contribution in [2.24, 2.45) is 0 Å². The van der Waals surface area contributed by atoms with Gasteiger partial charge < -0.3 is 9.90 Å². The van der Waals surface area contributed by atoms with E-state index in [9.17, 15) is 9.90 Å². The van der Waals surface area contributed by atoms with E-state index in [1.807, 2.05) is 0 Å². The zero-order valence-electron chi connectivity index (χ0n) is 3.68. The van der Waals surface area contributed by atoms with Crippen LogP contribution in [0.15, 0.2) is 0 Å². The minimum Gasteiger partial charge on any atom is -0.549 e. The Labute approximate surface area is 61.4 Å². The number of carbonyl (C=O) groups excluding carboxylic acids is 1. The molecule has 1 radical (unpaired) electrons. The SMILES string of the molecule is N#CCC(=O)[O-].[Hg+]. The first kappa shape index (κ1) is 10.00. The van der Waals surface area contributed by atoms with E-state index in [-0.39, 0.29) is 27.7 Å². The van der Waals surface area contributed by atoms with Crippen LogP contribution in [0.25, 0.3) is 0 Å². The Bertz CT molecular complexity index is 95.6. The summed E-state index contributed by atoms with van der Waals surface area (Å²) in [5.41, 5.74) is 0. The van der Waals surface area contributed by atoms with Crippen molar-refractivity contribution >= 4 is 5.97 Å². The normalized spacial score (nSPS) is 5.57. The maximum Gasteiger partial charge on any atom is 1.00 e. The monoisotopic (exact) mass is 286 g/mol. The van der Waals surface area contributed by atoms with Gasteiger partial charge in [0.05, 0.1) is 18.5 Å². The van der Waals surface area contributed by atoms with Crippen molar-refractivity contribution in [2.75, 3.05) is 0 Å². The molecule has 0 aliphatic carbocycles. The van der Waals surface area contributed by atoms with Crippen molar-refractivity contribution in [3.8, 4) is 6.07 Å². The van der Waals surface area contributed by atoms with Crippen LogP contribution in [0.1, 0.15) is 6.42 Å². The number of hydrogen-bond donors (Lipinski definition) is 0. The van der Waals surface area contributed by atoms with E-state index in [0.717, 1.165) is 0 Å². The summed E-state index contributed by atoms with van der Waals surface area (Å²) < 4.78 is 0. The Morgan fingerprint density at radius 1 is 1.86 bits per heavy atom. The molecule has 0 aromatic carbocycles. The smallest absolute Gasteiger partial charge is 0.549 e. The predicted molar refractivity (Wildman–Crippen MR) is 15.2 cm³/mol. The van der Waals surface area contributed by atoms with Gasteiger partial charge in [-0.3, -0.25) is 0 Å². The van der Waals surface area contributed by atoms with Gasteiger partial charge in [0.25, 0.3) is 0 Å². The quantitative estimate of drug-likeness (QED) is 0.559. The summed E-state index contributed by atoms with van der Waals surface area (Å²) in [7, 11) is 0. The molecular formula is C3H2HgNO2. The first-order valence-electron chi connectivity index (χ1n) is 1.34. The average Bonchev–Trinajstić information content (AvgIpc) is 1.35. The van der Waals surface area contributed by atoms with Crippen LogP contribution in [0.3, 0.4) is 0 Å². The first-order chi connectivity index (χ1) is 2.77. The fourth-order valence-corrected chi connectivity index (χ4v) is 0.0645. The largest absolute Gasteiger partial charge is 1.00 e. The van der Waals surface area contributed by atoms with Gasteiger partial charge in [0.15, 0.2) is 0 Å². The number of hydrogen-bond acceptors (Lipinski definition) is 3. The van der Waals surface area contributed by atoms with Crippen LogP contribution in [0.5, 0.6) is 0 Å². The predicted octanol–water partition coefficient (Wildman–Crippen LogP) is -1.35. The van der Waals surface area contributed by atoms with E-state index in [1.165, 1.54) is 6.07 Å². The molecule has 7 heavy (non-hydrogen) atoms. The van der Waals surface area contributed by atoms with Gasteiger partial charge >= 0.3 is 27.7 Å². The maximum absolute atomic E-state index is 9.27. The molecule has 0 saturated heterocycles. The van der Waals surface area contributed by atoms with Crippen LogP contribution in [0, 0.1) is 11.3 Å². The Morgan fingerprint density at radius 3 is 2.29 bits per heavy atom. The Balaban J connectivity index is 0. The second kappa shape index (κ2) is 5.90. The van der Waals surface area contributed by atoms with Crippen LogP contribution >= 0.6 is 0 Å². The molecule has 0 aliphatic heterocycles. The molecule has 0 bridgehead atoms. The molecule has 0 amide bonds. The molecule has 0 rings (SSSR count). The number of nitriles is 1. The van der Waals surface area contributed by atoms with E-state index in [4.69, 9.17) is 5.26 Å². The van der Waals surface area contributed by atoms with Crippen molar-refractivity contribution in [1.29, 1.82) is 5.26 Å². The summed E-state index contributed by atoms with van der Waals surface area (Å²) in [5.74, 6) is -1.32. The molecule has 0 atom stereocenters. The van der Waals surface area contributed by atoms with Crippen LogP contribution in [0.4, 0.5) is 0 Å². The summed E-state index contributed by atoms with van der Waals surface area (Å²) in [5, 5.41) is 16.8. The van der Waals surface area contributed by atoms with E-state index < -0.39 is 12.4 Å². The zero-order chi connectivity index (χ0) is 4.99. The van der Waals surface area contributed by atoms with E-state index in [1.54, 1.807) is 0 Å². The van der Waals surface area contributed by atoms with Crippen molar-refractivity contribution in [1.82, 2.24) is 0 Å². The molecule has 0 N–H and O–H groups in total. The third-order valence-corrected chi connectivity index (χ3v) is 0.223. The fourth-order valence-electron chi connectivity index (χ4n) is 0.0645. The standard InChI is InChI=1S/C3H3NO2.Hg/c4-2-1-3(5)6;/h1H2,(H,5,6);/q;+1/p-1. The molecule has 0 aliphatic rings. The van der Waals surface area contributed by atoms with Gasteiger partial charge in [0.1, 0.15) is 0 Å². The van der Waals surface area contributed by atoms with Crippen LogP contribution in [-0.4, -0.2) is 5.97 Å². The summed E-state index contributed by atoms with van der Waals surface area (Å²) in [4.78, 5) is 9.27. The molecule has 0 heterocycles. The number of rotatable bonds is 1. The molecule has 4 heteroatoms. The molecule has 0 aromatic rings. The minimum absolute atomic E-state index is 0. The van der Waals surface area contributed by atoms with E-state index >= 15 is 0 Å². The van der Waals surface area contributed by atoms with Gasteiger partial charge in [-0.2, -0.15) is 5.26 Å². The van der Waals surface area contributed by atoms with Gasteiger partial charge in [0.2, 0.25) is 0 Å². The molecule has 0 spiro atoms. The van der Waals surface area contributed by atoms with Crippen molar-refractivity contribution in [2.45, 2.75) is 6.42 Å². The van der Waals surface area contributed by atoms with Crippen LogP contribution < -0.4 is 5.11 Å². The second-order valence-electron chi connectivity index (χ2n) is 0.707. The summed E-state index contributed by atoms with van der Waals surface area (Å²) in [6.07, 6.45) is -0.514. The number of carbonyl (C=O) groups is 1. The van der Waals surface area contributed by atoms with E-state index in [0.29, 0.717) is 0 Å². The molecular weight excluding hydrogens is 283 g/mol. The van der Waals surface area contributed by atoms with Gasteiger partial charge in [-0.15, -0.1) is 0 Å². The first-order valence-corrected chi connectivity index (χ1v) is 1.34. The third-order valence-electron chi connectivity index (χ3n) is 0.223. The fraction of sp³-hybridized carbons (Fsp3) is 0.333. The molecule has 3 nitrogen and oxygen atoms in total. The van der Waals surface area contributed by atoms with Gasteiger partial charge in [-0.1, -0.05) is 0 Å². The molecule has 0 unspecified atom stereocenters. The Hall–Kier alpha value is -0.105. The maximum atomic E-state index is 9.27. The van der Waals surface area contributed by atoms with E-state index in [2.05, 4.69) is 0 Å². The minimum atomic E-state index is -1.32. The summed E-state index contributed by atoms with van der Waals surface area (Å²) in [6.45, 7) is 0. The molecule has 0 saturated carbocycles. The number of carboxylic acid groups (broad SMARTS) is 1. The van der Waals surface area contributed by atoms with Crippen LogP contribution in [-0.2, 0) is 32.5 Å².